The smallest absolute Gasteiger partial charge is 0.0265 e. The number of hydrogen-bond donors (Lipinski definition) is 2. The van der Waals surface area contributed by atoms with E-state index in [1.807, 2.05) is 0 Å². The van der Waals surface area contributed by atoms with Gasteiger partial charge in [-0.1, -0.05) is 0 Å². The lowest BCUT2D eigenvalue weighted by Crippen LogP contribution is -2.50. The summed E-state index contributed by atoms with van der Waals surface area (Å²) in [6.07, 6.45) is 0. The molecular weight excluding hydrogens is 150 g/mol. The first-order valence-electron chi connectivity index (χ1n) is 5.10. The second kappa shape index (κ2) is 2.69. The van der Waals surface area contributed by atoms with Crippen LogP contribution in [0.15, 0.2) is 0 Å². The molecule has 0 amide bonds. The Hall–Kier alpha value is -0.120. The zero-order valence-corrected chi connectivity index (χ0v) is 7.42. The summed E-state index contributed by atoms with van der Waals surface area (Å²) in [5.74, 6) is 1.90. The standard InChI is InChI=1S/C9H17N3/c1-2-12-6-7-3-11-4-8(7)9(12)5-10-1/h7-11H,1-6H2. The Morgan fingerprint density at radius 3 is 3.08 bits per heavy atom. The Balaban J connectivity index is 1.79. The molecule has 0 spiro atoms. The third-order valence-corrected chi connectivity index (χ3v) is 3.75. The highest BCUT2D eigenvalue weighted by molar-refractivity contribution is 5.00. The van der Waals surface area contributed by atoms with Gasteiger partial charge in [-0.15, -0.1) is 0 Å². The van der Waals surface area contributed by atoms with Crippen LogP contribution in [-0.4, -0.2) is 50.2 Å². The van der Waals surface area contributed by atoms with E-state index in [9.17, 15) is 0 Å². The second-order valence-electron chi connectivity index (χ2n) is 4.35. The zero-order chi connectivity index (χ0) is 7.97. The predicted molar refractivity (Wildman–Crippen MR) is 48.1 cm³/mol. The fraction of sp³-hybridized carbons (Fsp3) is 1.00. The Labute approximate surface area is 73.5 Å². The van der Waals surface area contributed by atoms with Gasteiger partial charge < -0.3 is 10.6 Å². The van der Waals surface area contributed by atoms with Gasteiger partial charge in [0.15, 0.2) is 0 Å². The number of nitrogens with one attached hydrogen (secondary N) is 2. The van der Waals surface area contributed by atoms with E-state index in [1.165, 1.54) is 39.3 Å². The Morgan fingerprint density at radius 1 is 1.08 bits per heavy atom. The quantitative estimate of drug-likeness (QED) is 0.490. The van der Waals surface area contributed by atoms with E-state index in [2.05, 4.69) is 15.5 Å². The van der Waals surface area contributed by atoms with Crippen LogP contribution in [0.3, 0.4) is 0 Å². The average molecular weight is 167 g/mol. The molecule has 3 atom stereocenters. The molecule has 0 saturated carbocycles. The minimum Gasteiger partial charge on any atom is -0.316 e. The van der Waals surface area contributed by atoms with E-state index in [4.69, 9.17) is 0 Å². The highest BCUT2D eigenvalue weighted by atomic mass is 15.3. The molecule has 2 N–H and O–H groups in total. The van der Waals surface area contributed by atoms with Crippen molar-refractivity contribution in [2.24, 2.45) is 11.8 Å². The number of rotatable bonds is 0. The van der Waals surface area contributed by atoms with E-state index in [1.54, 1.807) is 0 Å². The molecule has 3 aliphatic rings. The Bertz CT molecular complexity index is 183. The second-order valence-corrected chi connectivity index (χ2v) is 4.35. The molecule has 0 aromatic carbocycles. The van der Waals surface area contributed by atoms with Crippen molar-refractivity contribution in [1.29, 1.82) is 0 Å². The highest BCUT2D eigenvalue weighted by Gasteiger charge is 2.44. The predicted octanol–water partition coefficient (Wildman–Crippen LogP) is -0.891. The summed E-state index contributed by atoms with van der Waals surface area (Å²) in [4.78, 5) is 2.69. The van der Waals surface area contributed by atoms with Crippen LogP contribution in [0.1, 0.15) is 0 Å². The Morgan fingerprint density at radius 2 is 2.08 bits per heavy atom. The van der Waals surface area contributed by atoms with Crippen molar-refractivity contribution >= 4 is 0 Å². The molecule has 3 saturated heterocycles. The lowest BCUT2D eigenvalue weighted by molar-refractivity contribution is 0.186. The van der Waals surface area contributed by atoms with Crippen LogP contribution in [0, 0.1) is 11.8 Å². The first-order chi connectivity index (χ1) is 5.95. The summed E-state index contributed by atoms with van der Waals surface area (Å²) < 4.78 is 0. The molecule has 12 heavy (non-hydrogen) atoms. The van der Waals surface area contributed by atoms with Gasteiger partial charge in [0, 0.05) is 32.2 Å². The molecule has 3 heterocycles. The molecule has 0 aliphatic carbocycles. The average Bonchev–Trinajstić information content (AvgIpc) is 2.62. The van der Waals surface area contributed by atoms with Gasteiger partial charge in [0.1, 0.15) is 0 Å². The summed E-state index contributed by atoms with van der Waals surface area (Å²) in [6, 6.07) is 0.846. The molecule has 0 bridgehead atoms. The topological polar surface area (TPSA) is 27.3 Å². The minimum atomic E-state index is 0.846. The summed E-state index contributed by atoms with van der Waals surface area (Å²) in [5.41, 5.74) is 0. The molecular formula is C9H17N3. The first kappa shape index (κ1) is 7.30. The number of piperazine rings is 1. The summed E-state index contributed by atoms with van der Waals surface area (Å²) in [7, 11) is 0. The molecule has 3 nitrogen and oxygen atoms in total. The molecule has 3 fully saturated rings. The zero-order valence-electron chi connectivity index (χ0n) is 7.42. The third-order valence-electron chi connectivity index (χ3n) is 3.75. The maximum Gasteiger partial charge on any atom is 0.0265 e. The van der Waals surface area contributed by atoms with Crippen molar-refractivity contribution in [3.8, 4) is 0 Å². The van der Waals surface area contributed by atoms with Crippen LogP contribution in [0.25, 0.3) is 0 Å². The minimum absolute atomic E-state index is 0.846. The normalized spacial score (nSPS) is 47.5. The summed E-state index contributed by atoms with van der Waals surface area (Å²) in [6.45, 7) is 7.57. The SMILES string of the molecule is C1CN2CC3CNCC3C2CN1. The van der Waals surface area contributed by atoms with Crippen LogP contribution in [-0.2, 0) is 0 Å². The lowest BCUT2D eigenvalue weighted by atomic mass is 9.94. The van der Waals surface area contributed by atoms with Gasteiger partial charge in [-0.05, 0) is 24.9 Å². The molecule has 3 unspecified atom stereocenters. The van der Waals surface area contributed by atoms with Gasteiger partial charge in [-0.2, -0.15) is 0 Å². The van der Waals surface area contributed by atoms with Crippen LogP contribution >= 0.6 is 0 Å². The summed E-state index contributed by atoms with van der Waals surface area (Å²) in [5, 5.41) is 7.00. The maximum atomic E-state index is 3.50. The van der Waals surface area contributed by atoms with Crippen molar-refractivity contribution in [2.45, 2.75) is 6.04 Å². The van der Waals surface area contributed by atoms with Crippen LogP contribution in [0.2, 0.25) is 0 Å². The van der Waals surface area contributed by atoms with Crippen molar-refractivity contribution in [2.75, 3.05) is 39.3 Å². The van der Waals surface area contributed by atoms with Crippen molar-refractivity contribution in [3.05, 3.63) is 0 Å². The Kier molecular flexibility index (Phi) is 1.63. The van der Waals surface area contributed by atoms with Crippen molar-refractivity contribution < 1.29 is 0 Å². The van der Waals surface area contributed by atoms with Crippen LogP contribution in [0.5, 0.6) is 0 Å². The van der Waals surface area contributed by atoms with Gasteiger partial charge in [-0.3, -0.25) is 4.90 Å². The molecule has 3 heteroatoms. The van der Waals surface area contributed by atoms with Gasteiger partial charge in [0.05, 0.1) is 0 Å². The largest absolute Gasteiger partial charge is 0.316 e. The van der Waals surface area contributed by atoms with Crippen LogP contribution < -0.4 is 10.6 Å². The lowest BCUT2D eigenvalue weighted by Gasteiger charge is -2.32. The molecule has 0 aromatic heterocycles. The number of hydrogen-bond acceptors (Lipinski definition) is 3. The number of fused-ring (bicyclic) bond motifs is 3. The fourth-order valence-electron chi connectivity index (χ4n) is 3.12. The molecule has 68 valence electrons. The highest BCUT2D eigenvalue weighted by Crippen LogP contribution is 2.32. The van der Waals surface area contributed by atoms with Crippen molar-refractivity contribution in [1.82, 2.24) is 15.5 Å². The molecule has 3 aliphatic heterocycles. The first-order valence-corrected chi connectivity index (χ1v) is 5.10. The summed E-state index contributed by atoms with van der Waals surface area (Å²) >= 11 is 0. The number of nitrogens with zero attached hydrogens (tertiary/aromatic N) is 1. The van der Waals surface area contributed by atoms with Crippen LogP contribution in [0.4, 0.5) is 0 Å². The van der Waals surface area contributed by atoms with Gasteiger partial charge in [0.25, 0.3) is 0 Å². The van der Waals surface area contributed by atoms with E-state index in [0.717, 1.165) is 17.9 Å². The molecule has 3 rings (SSSR count). The third kappa shape index (κ3) is 0.934. The van der Waals surface area contributed by atoms with E-state index in [-0.39, 0.29) is 0 Å². The van der Waals surface area contributed by atoms with Crippen molar-refractivity contribution in [3.63, 3.8) is 0 Å². The van der Waals surface area contributed by atoms with Gasteiger partial charge in [-0.25, -0.2) is 0 Å². The van der Waals surface area contributed by atoms with E-state index in [0.29, 0.717) is 0 Å². The monoisotopic (exact) mass is 167 g/mol. The van der Waals surface area contributed by atoms with Gasteiger partial charge >= 0.3 is 0 Å². The fourth-order valence-corrected chi connectivity index (χ4v) is 3.12. The van der Waals surface area contributed by atoms with Gasteiger partial charge in [0.2, 0.25) is 0 Å². The molecule has 0 radical (unpaired) electrons. The molecule has 0 aromatic rings. The maximum absolute atomic E-state index is 3.50. The van der Waals surface area contributed by atoms with E-state index >= 15 is 0 Å². The van der Waals surface area contributed by atoms with E-state index < -0.39 is 0 Å².